The van der Waals surface area contributed by atoms with Gasteiger partial charge in [0.05, 0.1) is 0 Å². The van der Waals surface area contributed by atoms with Crippen molar-refractivity contribution in [2.75, 3.05) is 6.26 Å². The molecule has 2 N–H and O–H groups in total. The van der Waals surface area contributed by atoms with Gasteiger partial charge in [0.2, 0.25) is 5.91 Å². The number of thioether (sulfide) groups is 1. The summed E-state index contributed by atoms with van der Waals surface area (Å²) >= 11 is 6.76. The number of thiocarbonyl (C=S) groups is 1. The van der Waals surface area contributed by atoms with E-state index in [4.69, 9.17) is 12.2 Å². The molecule has 0 unspecified atom stereocenters. The van der Waals surface area contributed by atoms with Crippen molar-refractivity contribution in [1.82, 2.24) is 10.6 Å². The van der Waals surface area contributed by atoms with Crippen LogP contribution >= 0.6 is 24.0 Å². The lowest BCUT2D eigenvalue weighted by molar-refractivity contribution is -0.122. The third kappa shape index (κ3) is 5.06. The van der Waals surface area contributed by atoms with Gasteiger partial charge in [-0.25, -0.2) is 0 Å². The summed E-state index contributed by atoms with van der Waals surface area (Å²) in [4.78, 5) is 12.6. The summed E-state index contributed by atoms with van der Waals surface area (Å²) in [6, 6.07) is 8.23. The molecule has 1 aromatic rings. The number of hydrogen-bond donors (Lipinski definition) is 2. The smallest absolute Gasteiger partial charge is 0.228 e. The first-order valence-corrected chi connectivity index (χ1v) is 7.38. The second-order valence-corrected chi connectivity index (χ2v) is 5.46. The maximum absolute atomic E-state index is 11.4. The Kier molecular flexibility index (Phi) is 6.15. The van der Waals surface area contributed by atoms with Crippen molar-refractivity contribution in [2.45, 2.75) is 25.3 Å². The molecule has 1 amide bonds. The summed E-state index contributed by atoms with van der Waals surface area (Å²) in [6.45, 7) is 4.28. The van der Waals surface area contributed by atoms with Crippen molar-refractivity contribution in [3.8, 4) is 0 Å². The molecule has 0 aliphatic carbocycles. The maximum atomic E-state index is 11.4. The van der Waals surface area contributed by atoms with E-state index in [2.05, 4.69) is 22.8 Å². The fourth-order valence-electron chi connectivity index (χ4n) is 1.23. The van der Waals surface area contributed by atoms with Crippen LogP contribution in [0.25, 0.3) is 0 Å². The Labute approximate surface area is 118 Å². The fraction of sp³-hybridized carbons (Fsp3) is 0.385. The fourth-order valence-corrected chi connectivity index (χ4v) is 1.81. The average Bonchev–Trinajstić information content (AvgIpc) is 2.36. The molecule has 5 heteroatoms. The highest BCUT2D eigenvalue weighted by molar-refractivity contribution is 7.98. The summed E-state index contributed by atoms with van der Waals surface area (Å²) < 4.78 is 0. The Bertz CT molecular complexity index is 416. The van der Waals surface area contributed by atoms with Crippen LogP contribution in [-0.4, -0.2) is 17.3 Å². The van der Waals surface area contributed by atoms with Gasteiger partial charge in [-0.3, -0.25) is 4.79 Å². The topological polar surface area (TPSA) is 41.1 Å². The first-order chi connectivity index (χ1) is 8.52. The minimum atomic E-state index is -0.0646. The van der Waals surface area contributed by atoms with E-state index in [1.165, 1.54) is 4.90 Å². The summed E-state index contributed by atoms with van der Waals surface area (Å²) in [5, 5.41) is 6.04. The van der Waals surface area contributed by atoms with Crippen molar-refractivity contribution in [3.63, 3.8) is 0 Å². The summed E-state index contributed by atoms with van der Waals surface area (Å²) in [5.41, 5.74) is 1.13. The van der Waals surface area contributed by atoms with Crippen LogP contribution in [0.3, 0.4) is 0 Å². The third-order valence-corrected chi connectivity index (χ3v) is 3.36. The molecular weight excluding hydrogens is 264 g/mol. The highest BCUT2D eigenvalue weighted by Crippen LogP contribution is 2.14. The molecule has 18 heavy (non-hydrogen) atoms. The van der Waals surface area contributed by atoms with Gasteiger partial charge in [-0.2, -0.15) is 0 Å². The summed E-state index contributed by atoms with van der Waals surface area (Å²) in [6.07, 6.45) is 2.05. The quantitative estimate of drug-likeness (QED) is 0.658. The second-order valence-electron chi connectivity index (χ2n) is 4.17. The van der Waals surface area contributed by atoms with Gasteiger partial charge >= 0.3 is 0 Å². The molecule has 1 aromatic carbocycles. The molecule has 0 bridgehead atoms. The zero-order valence-corrected chi connectivity index (χ0v) is 12.5. The van der Waals surface area contributed by atoms with Crippen LogP contribution in [-0.2, 0) is 11.3 Å². The Morgan fingerprint density at radius 2 is 1.94 bits per heavy atom. The van der Waals surface area contributed by atoms with Gasteiger partial charge in [-0.15, -0.1) is 11.8 Å². The zero-order chi connectivity index (χ0) is 13.5. The molecule has 0 aliphatic rings. The van der Waals surface area contributed by atoms with E-state index in [-0.39, 0.29) is 11.8 Å². The highest BCUT2D eigenvalue weighted by Gasteiger charge is 2.08. The van der Waals surface area contributed by atoms with Crippen molar-refractivity contribution < 1.29 is 4.79 Å². The lowest BCUT2D eigenvalue weighted by Crippen LogP contribution is -2.40. The number of rotatable bonds is 4. The summed E-state index contributed by atoms with van der Waals surface area (Å²) in [7, 11) is 0. The van der Waals surface area contributed by atoms with Crippen molar-refractivity contribution in [3.05, 3.63) is 29.8 Å². The largest absolute Gasteiger partial charge is 0.358 e. The molecule has 0 aliphatic heterocycles. The van der Waals surface area contributed by atoms with Crippen LogP contribution < -0.4 is 10.6 Å². The number of carbonyl (C=O) groups is 1. The van der Waals surface area contributed by atoms with Gasteiger partial charge < -0.3 is 10.6 Å². The van der Waals surface area contributed by atoms with E-state index < -0.39 is 0 Å². The number of carbonyl (C=O) groups excluding carboxylic acids is 1. The van der Waals surface area contributed by atoms with Crippen LogP contribution in [0, 0.1) is 5.92 Å². The lowest BCUT2D eigenvalue weighted by Gasteiger charge is -2.11. The lowest BCUT2D eigenvalue weighted by atomic mass is 10.2. The van der Waals surface area contributed by atoms with Gasteiger partial charge in [0.15, 0.2) is 5.11 Å². The predicted octanol–water partition coefficient (Wildman–Crippen LogP) is 2.56. The molecule has 0 radical (unpaired) electrons. The third-order valence-electron chi connectivity index (χ3n) is 2.37. The van der Waals surface area contributed by atoms with E-state index in [9.17, 15) is 4.79 Å². The van der Waals surface area contributed by atoms with Crippen molar-refractivity contribution >= 4 is 35.0 Å². The Morgan fingerprint density at radius 1 is 1.33 bits per heavy atom. The normalized spacial score (nSPS) is 10.2. The molecule has 98 valence electrons. The first kappa shape index (κ1) is 15.0. The number of nitrogens with one attached hydrogen (secondary N) is 2. The van der Waals surface area contributed by atoms with E-state index in [1.54, 1.807) is 11.8 Å². The minimum Gasteiger partial charge on any atom is -0.358 e. The van der Waals surface area contributed by atoms with Crippen LogP contribution in [0.2, 0.25) is 0 Å². The molecule has 0 saturated carbocycles. The van der Waals surface area contributed by atoms with Crippen LogP contribution in [0.15, 0.2) is 29.2 Å². The monoisotopic (exact) mass is 282 g/mol. The highest BCUT2D eigenvalue weighted by atomic mass is 32.2. The van der Waals surface area contributed by atoms with Crippen molar-refractivity contribution in [2.24, 2.45) is 5.92 Å². The molecule has 3 nitrogen and oxygen atoms in total. The van der Waals surface area contributed by atoms with Gasteiger partial charge in [-0.05, 0) is 36.2 Å². The number of hydrogen-bond acceptors (Lipinski definition) is 3. The Hall–Kier alpha value is -1.07. The summed E-state index contributed by atoms with van der Waals surface area (Å²) in [5.74, 6) is -0.129. The van der Waals surface area contributed by atoms with E-state index in [0.29, 0.717) is 11.7 Å². The molecule has 0 fully saturated rings. The van der Waals surface area contributed by atoms with E-state index in [1.807, 2.05) is 32.2 Å². The minimum absolute atomic E-state index is 0.0642. The number of benzene rings is 1. The number of amides is 1. The van der Waals surface area contributed by atoms with E-state index >= 15 is 0 Å². The zero-order valence-electron chi connectivity index (χ0n) is 10.8. The Balaban J connectivity index is 2.40. The standard InChI is InChI=1S/C13H18N2OS2/c1-9(2)12(16)15-13(17)14-8-10-4-6-11(18-3)7-5-10/h4-7,9H,8H2,1-3H3,(H2,14,15,16,17). The van der Waals surface area contributed by atoms with Crippen molar-refractivity contribution in [1.29, 1.82) is 0 Å². The average molecular weight is 282 g/mol. The van der Waals surface area contributed by atoms with Crippen LogP contribution in [0.4, 0.5) is 0 Å². The first-order valence-electron chi connectivity index (χ1n) is 5.74. The predicted molar refractivity (Wildman–Crippen MR) is 80.6 cm³/mol. The Morgan fingerprint density at radius 3 is 2.44 bits per heavy atom. The van der Waals surface area contributed by atoms with Gasteiger partial charge in [0.25, 0.3) is 0 Å². The SMILES string of the molecule is CSc1ccc(CNC(=S)NC(=O)C(C)C)cc1. The van der Waals surface area contributed by atoms with Crippen LogP contribution in [0.1, 0.15) is 19.4 Å². The molecule has 0 spiro atoms. The maximum Gasteiger partial charge on any atom is 0.228 e. The van der Waals surface area contributed by atoms with Crippen LogP contribution in [0.5, 0.6) is 0 Å². The molecule has 0 saturated heterocycles. The molecule has 0 heterocycles. The molecule has 0 aromatic heterocycles. The molecule has 0 atom stereocenters. The second kappa shape index (κ2) is 7.38. The molecule has 1 rings (SSSR count). The van der Waals surface area contributed by atoms with Gasteiger partial charge in [0, 0.05) is 17.4 Å². The van der Waals surface area contributed by atoms with Gasteiger partial charge in [-0.1, -0.05) is 26.0 Å². The molecular formula is C13H18N2OS2. The van der Waals surface area contributed by atoms with E-state index in [0.717, 1.165) is 5.56 Å². The van der Waals surface area contributed by atoms with Gasteiger partial charge in [0.1, 0.15) is 0 Å².